The van der Waals surface area contributed by atoms with Crippen LogP contribution in [0.15, 0.2) is 64.7 Å². The van der Waals surface area contributed by atoms with E-state index in [0.29, 0.717) is 22.0 Å². The summed E-state index contributed by atoms with van der Waals surface area (Å²) in [6, 6.07) is 9.38. The molecule has 0 bridgehead atoms. The summed E-state index contributed by atoms with van der Waals surface area (Å²) in [5.74, 6) is -1.67. The van der Waals surface area contributed by atoms with Crippen LogP contribution in [0, 0.1) is 11.7 Å². The number of hydrogen-bond donors (Lipinski definition) is 1. The number of benzene rings is 2. The van der Waals surface area contributed by atoms with Crippen molar-refractivity contribution in [1.82, 2.24) is 14.5 Å². The lowest BCUT2D eigenvalue weighted by Gasteiger charge is -2.14. The van der Waals surface area contributed by atoms with Crippen LogP contribution in [0.3, 0.4) is 0 Å². The molecule has 4 rings (SSSR count). The number of pyridine rings is 1. The van der Waals surface area contributed by atoms with Crippen molar-refractivity contribution in [3.05, 3.63) is 76.2 Å². The van der Waals surface area contributed by atoms with Crippen LogP contribution in [0.1, 0.15) is 13.8 Å². The molecular formula is C26H24ClFN4O6S. The van der Waals surface area contributed by atoms with E-state index in [1.54, 1.807) is 32.0 Å². The highest BCUT2D eigenvalue weighted by Gasteiger charge is 2.22. The van der Waals surface area contributed by atoms with E-state index in [2.05, 4.69) is 14.7 Å². The van der Waals surface area contributed by atoms with Gasteiger partial charge >= 0.3 is 5.97 Å². The van der Waals surface area contributed by atoms with E-state index in [1.807, 2.05) is 0 Å². The first-order valence-corrected chi connectivity index (χ1v) is 13.6. The van der Waals surface area contributed by atoms with Crippen LogP contribution in [-0.4, -0.2) is 42.6 Å². The fraction of sp³-hybridized carbons (Fsp3) is 0.231. The molecule has 39 heavy (non-hydrogen) atoms. The quantitative estimate of drug-likeness (QED) is 0.294. The lowest BCUT2D eigenvalue weighted by molar-refractivity contribution is -0.147. The Morgan fingerprint density at radius 2 is 1.92 bits per heavy atom. The van der Waals surface area contributed by atoms with Gasteiger partial charge in [-0.1, -0.05) is 24.6 Å². The molecule has 0 saturated heterocycles. The number of rotatable bonds is 9. The molecule has 1 N–H and O–H groups in total. The van der Waals surface area contributed by atoms with Crippen LogP contribution in [-0.2, 0) is 26.1 Å². The van der Waals surface area contributed by atoms with Crippen LogP contribution in [0.2, 0.25) is 5.02 Å². The molecular weight excluding hydrogens is 551 g/mol. The maximum absolute atomic E-state index is 13.4. The van der Waals surface area contributed by atoms with E-state index in [0.717, 1.165) is 18.2 Å². The Morgan fingerprint density at radius 3 is 2.62 bits per heavy atom. The van der Waals surface area contributed by atoms with Crippen molar-refractivity contribution in [3.63, 3.8) is 0 Å². The first kappa shape index (κ1) is 28.0. The molecule has 10 nitrogen and oxygen atoms in total. The maximum Gasteiger partial charge on any atom is 0.310 e. The van der Waals surface area contributed by atoms with Crippen LogP contribution >= 0.6 is 11.6 Å². The second-order valence-corrected chi connectivity index (χ2v) is 10.6. The molecule has 1 unspecified atom stereocenters. The van der Waals surface area contributed by atoms with Gasteiger partial charge in [0.2, 0.25) is 5.88 Å². The van der Waals surface area contributed by atoms with Gasteiger partial charge in [-0.05, 0) is 48.9 Å². The number of esters is 1. The summed E-state index contributed by atoms with van der Waals surface area (Å²) in [5.41, 5.74) is 1.11. The third-order valence-electron chi connectivity index (χ3n) is 5.79. The molecule has 0 aliphatic rings. The number of halogens is 2. The number of nitrogens with one attached hydrogen (secondary N) is 1. The maximum atomic E-state index is 13.4. The zero-order valence-electron chi connectivity index (χ0n) is 21.1. The normalized spacial score (nSPS) is 12.2. The number of hydrogen-bond acceptors (Lipinski definition) is 8. The standard InChI is InChI=1S/C26H24ClFN4O6S/c1-4-38-26(34)15(2)13-32-14-30-21-7-5-16(9-19(21)25(32)33)17-10-22(24(37-3)29-12-17)31-39(35,36)23-8-6-18(28)11-20(23)27/h5-12,14-15,31H,4,13H2,1-3H3. The molecule has 0 aliphatic heterocycles. The van der Waals surface area contributed by atoms with E-state index in [9.17, 15) is 22.4 Å². The first-order valence-electron chi connectivity index (χ1n) is 11.7. The molecule has 0 saturated carbocycles. The van der Waals surface area contributed by atoms with Crippen LogP contribution in [0.4, 0.5) is 10.1 Å². The molecule has 0 radical (unpaired) electrons. The van der Waals surface area contributed by atoms with E-state index in [4.69, 9.17) is 21.1 Å². The van der Waals surface area contributed by atoms with Crippen LogP contribution < -0.4 is 15.0 Å². The van der Waals surface area contributed by atoms with E-state index < -0.39 is 27.7 Å². The Hall–Kier alpha value is -4.03. The van der Waals surface area contributed by atoms with Gasteiger partial charge in [0.25, 0.3) is 15.6 Å². The fourth-order valence-corrected chi connectivity index (χ4v) is 5.44. The van der Waals surface area contributed by atoms with Gasteiger partial charge in [0.1, 0.15) is 16.4 Å². The van der Waals surface area contributed by atoms with Gasteiger partial charge in [0, 0.05) is 18.3 Å². The summed E-state index contributed by atoms with van der Waals surface area (Å²) in [6.07, 6.45) is 2.84. The molecule has 1 atom stereocenters. The zero-order chi connectivity index (χ0) is 28.3. The molecule has 0 aliphatic carbocycles. The molecule has 0 spiro atoms. The first-order chi connectivity index (χ1) is 18.5. The largest absolute Gasteiger partial charge is 0.480 e. The predicted molar refractivity (Wildman–Crippen MR) is 144 cm³/mol. The van der Waals surface area contributed by atoms with Gasteiger partial charge in [0.15, 0.2) is 0 Å². The monoisotopic (exact) mass is 574 g/mol. The third-order valence-corrected chi connectivity index (χ3v) is 7.64. The van der Waals surface area contributed by atoms with Crippen molar-refractivity contribution in [2.45, 2.75) is 25.3 Å². The highest BCUT2D eigenvalue weighted by Crippen LogP contribution is 2.32. The van der Waals surface area contributed by atoms with Gasteiger partial charge in [-0.2, -0.15) is 0 Å². The second kappa shape index (κ2) is 11.4. The Labute approximate surface area is 228 Å². The minimum atomic E-state index is -4.23. The third kappa shape index (κ3) is 6.02. The van der Waals surface area contributed by atoms with Gasteiger partial charge in [-0.3, -0.25) is 18.9 Å². The summed E-state index contributed by atoms with van der Waals surface area (Å²) in [4.78, 5) is 33.4. The molecule has 2 aromatic heterocycles. The Kier molecular flexibility index (Phi) is 8.17. The van der Waals surface area contributed by atoms with Crippen LogP contribution in [0.5, 0.6) is 5.88 Å². The van der Waals surface area contributed by atoms with Gasteiger partial charge in [-0.15, -0.1) is 0 Å². The smallest absolute Gasteiger partial charge is 0.310 e. The Bertz CT molecular complexity index is 1730. The molecule has 4 aromatic rings. The second-order valence-electron chi connectivity index (χ2n) is 8.55. The number of sulfonamides is 1. The number of carbonyl (C=O) groups excluding carboxylic acids is 1. The van der Waals surface area contributed by atoms with Crippen molar-refractivity contribution in [2.75, 3.05) is 18.4 Å². The number of methoxy groups -OCH3 is 1. The highest BCUT2D eigenvalue weighted by molar-refractivity contribution is 7.92. The number of ether oxygens (including phenoxy) is 2. The molecule has 204 valence electrons. The molecule has 0 amide bonds. The van der Waals surface area contributed by atoms with Crippen molar-refractivity contribution in [2.24, 2.45) is 5.92 Å². The SMILES string of the molecule is CCOC(=O)C(C)Cn1cnc2ccc(-c3cnc(OC)c(NS(=O)(=O)c4ccc(F)cc4Cl)c3)cc2c1=O. The fourth-order valence-electron chi connectivity index (χ4n) is 3.86. The van der Waals surface area contributed by atoms with E-state index in [1.165, 1.54) is 30.3 Å². The summed E-state index contributed by atoms with van der Waals surface area (Å²) in [7, 11) is -2.91. The highest BCUT2D eigenvalue weighted by atomic mass is 35.5. The molecule has 2 heterocycles. The molecule has 0 fully saturated rings. The minimum absolute atomic E-state index is 0.00217. The van der Waals surface area contributed by atoms with E-state index >= 15 is 0 Å². The topological polar surface area (TPSA) is 129 Å². The average molecular weight is 575 g/mol. The zero-order valence-corrected chi connectivity index (χ0v) is 22.7. The number of aromatic nitrogens is 3. The summed E-state index contributed by atoms with van der Waals surface area (Å²) < 4.78 is 53.4. The summed E-state index contributed by atoms with van der Waals surface area (Å²) in [6.45, 7) is 3.70. The molecule has 13 heteroatoms. The lowest BCUT2D eigenvalue weighted by Crippen LogP contribution is -2.27. The van der Waals surface area contributed by atoms with Gasteiger partial charge < -0.3 is 9.47 Å². The lowest BCUT2D eigenvalue weighted by atomic mass is 10.0. The van der Waals surface area contributed by atoms with Crippen molar-refractivity contribution in [1.29, 1.82) is 0 Å². The number of fused-ring (bicyclic) bond motifs is 1. The number of nitrogens with zero attached hydrogens (tertiary/aromatic N) is 3. The minimum Gasteiger partial charge on any atom is -0.480 e. The average Bonchev–Trinajstić information content (AvgIpc) is 2.89. The van der Waals surface area contributed by atoms with Crippen molar-refractivity contribution >= 4 is 44.2 Å². The summed E-state index contributed by atoms with van der Waals surface area (Å²) >= 11 is 5.96. The Morgan fingerprint density at radius 1 is 1.15 bits per heavy atom. The van der Waals surface area contributed by atoms with Crippen molar-refractivity contribution in [3.8, 4) is 17.0 Å². The summed E-state index contributed by atoms with van der Waals surface area (Å²) in [5, 5.41) is 0.00302. The Balaban J connectivity index is 1.71. The predicted octanol–water partition coefficient (Wildman–Crippen LogP) is 4.26. The number of anilines is 1. The van der Waals surface area contributed by atoms with Crippen LogP contribution in [0.25, 0.3) is 22.0 Å². The van der Waals surface area contributed by atoms with Gasteiger partial charge in [0.05, 0.1) is 41.9 Å². The van der Waals surface area contributed by atoms with Crippen molar-refractivity contribution < 1.29 is 27.1 Å². The van der Waals surface area contributed by atoms with E-state index in [-0.39, 0.29) is 40.2 Å². The molecule has 2 aromatic carbocycles. The van der Waals surface area contributed by atoms with Gasteiger partial charge in [-0.25, -0.2) is 22.8 Å². The number of carbonyl (C=O) groups is 1.